The van der Waals surface area contributed by atoms with Crippen LogP contribution in [-0.4, -0.2) is 25.5 Å². The molecule has 100 valence electrons. The van der Waals surface area contributed by atoms with E-state index in [0.717, 1.165) is 18.5 Å². The van der Waals surface area contributed by atoms with E-state index < -0.39 is 0 Å². The van der Waals surface area contributed by atoms with E-state index in [-0.39, 0.29) is 12.5 Å². The molecule has 0 aliphatic heterocycles. The molecule has 0 spiro atoms. The van der Waals surface area contributed by atoms with E-state index in [1.165, 1.54) is 12.8 Å². The molecule has 4 nitrogen and oxygen atoms in total. The molecule has 1 fully saturated rings. The maximum absolute atomic E-state index is 11.9. The predicted molar refractivity (Wildman–Crippen MR) is 74.8 cm³/mol. The number of amides is 1. The minimum Gasteiger partial charge on any atom is -0.364 e. The van der Waals surface area contributed by atoms with Gasteiger partial charge in [0.05, 0.1) is 17.8 Å². The van der Waals surface area contributed by atoms with Crippen molar-refractivity contribution in [1.82, 2.24) is 5.32 Å². The second-order valence-corrected chi connectivity index (χ2v) is 5.03. The number of carbonyl (C=O) groups excluding carboxylic acids is 1. The molecule has 2 rings (SSSR count). The number of likely N-dealkylation sites (N-methyl/N-ethyl adjacent to an activating group) is 1. The predicted octanol–water partition coefficient (Wildman–Crippen LogP) is 2.05. The fraction of sp³-hybridized carbons (Fsp3) is 0.467. The van der Waals surface area contributed by atoms with Gasteiger partial charge in [0.1, 0.15) is 6.07 Å². The van der Waals surface area contributed by atoms with Crippen LogP contribution >= 0.6 is 0 Å². The van der Waals surface area contributed by atoms with Crippen molar-refractivity contribution in [2.45, 2.75) is 31.7 Å². The Morgan fingerprint density at radius 2 is 2.11 bits per heavy atom. The topological polar surface area (TPSA) is 56.1 Å². The summed E-state index contributed by atoms with van der Waals surface area (Å²) in [4.78, 5) is 13.8. The monoisotopic (exact) mass is 257 g/mol. The van der Waals surface area contributed by atoms with Gasteiger partial charge in [0.15, 0.2) is 0 Å². The van der Waals surface area contributed by atoms with E-state index in [2.05, 4.69) is 11.4 Å². The van der Waals surface area contributed by atoms with Gasteiger partial charge >= 0.3 is 0 Å². The first kappa shape index (κ1) is 13.4. The number of nitrogens with zero attached hydrogens (tertiary/aromatic N) is 2. The number of benzene rings is 1. The van der Waals surface area contributed by atoms with E-state index in [1.807, 2.05) is 30.1 Å². The largest absolute Gasteiger partial charge is 0.364 e. The van der Waals surface area contributed by atoms with Crippen molar-refractivity contribution in [2.24, 2.45) is 0 Å². The second kappa shape index (κ2) is 6.24. The van der Waals surface area contributed by atoms with Crippen LogP contribution in [0.4, 0.5) is 5.69 Å². The first-order valence-corrected chi connectivity index (χ1v) is 6.70. The molecule has 1 saturated carbocycles. The summed E-state index contributed by atoms with van der Waals surface area (Å²) in [5, 5.41) is 12.1. The van der Waals surface area contributed by atoms with Crippen molar-refractivity contribution < 1.29 is 4.79 Å². The number of rotatable bonds is 4. The smallest absolute Gasteiger partial charge is 0.239 e. The maximum atomic E-state index is 11.9. The van der Waals surface area contributed by atoms with E-state index in [9.17, 15) is 4.79 Å². The van der Waals surface area contributed by atoms with Crippen molar-refractivity contribution in [3.8, 4) is 6.07 Å². The van der Waals surface area contributed by atoms with Crippen LogP contribution < -0.4 is 10.2 Å². The Labute approximate surface area is 114 Å². The Morgan fingerprint density at radius 1 is 1.42 bits per heavy atom. The molecule has 1 aromatic rings. The zero-order chi connectivity index (χ0) is 13.7. The van der Waals surface area contributed by atoms with Crippen LogP contribution in [0.3, 0.4) is 0 Å². The molecule has 0 atom stereocenters. The van der Waals surface area contributed by atoms with Gasteiger partial charge < -0.3 is 10.2 Å². The molecule has 19 heavy (non-hydrogen) atoms. The normalized spacial score (nSPS) is 14.9. The lowest BCUT2D eigenvalue weighted by Crippen LogP contribution is -2.40. The number of nitriles is 1. The second-order valence-electron chi connectivity index (χ2n) is 5.03. The highest BCUT2D eigenvalue weighted by Gasteiger charge is 2.18. The molecule has 1 aliphatic rings. The van der Waals surface area contributed by atoms with Gasteiger partial charge in [0.2, 0.25) is 5.91 Å². The third kappa shape index (κ3) is 3.47. The number of nitrogens with one attached hydrogen (secondary N) is 1. The van der Waals surface area contributed by atoms with Crippen LogP contribution in [-0.2, 0) is 4.79 Å². The van der Waals surface area contributed by atoms with E-state index in [1.54, 1.807) is 6.07 Å². The minimum absolute atomic E-state index is 0.0298. The molecule has 0 radical (unpaired) electrons. The van der Waals surface area contributed by atoms with Gasteiger partial charge in [-0.1, -0.05) is 25.0 Å². The van der Waals surface area contributed by atoms with Gasteiger partial charge in [-0.05, 0) is 25.0 Å². The van der Waals surface area contributed by atoms with Gasteiger partial charge in [-0.3, -0.25) is 4.79 Å². The van der Waals surface area contributed by atoms with Crippen molar-refractivity contribution in [3.05, 3.63) is 29.8 Å². The summed E-state index contributed by atoms with van der Waals surface area (Å²) in [6.07, 6.45) is 4.59. The summed E-state index contributed by atoms with van der Waals surface area (Å²) < 4.78 is 0. The molecule has 0 heterocycles. The molecule has 1 aliphatic carbocycles. The molecule has 0 aromatic heterocycles. The van der Waals surface area contributed by atoms with Gasteiger partial charge in [-0.25, -0.2) is 0 Å². The summed E-state index contributed by atoms with van der Waals surface area (Å²) in [6, 6.07) is 9.82. The lowest BCUT2D eigenvalue weighted by atomic mass is 10.2. The highest BCUT2D eigenvalue weighted by atomic mass is 16.2. The summed E-state index contributed by atoms with van der Waals surface area (Å²) in [6.45, 7) is 0.287. The van der Waals surface area contributed by atoms with Crippen LogP contribution in [0.15, 0.2) is 24.3 Å². The molecule has 4 heteroatoms. The fourth-order valence-electron chi connectivity index (χ4n) is 2.55. The zero-order valence-corrected chi connectivity index (χ0v) is 11.2. The van der Waals surface area contributed by atoms with E-state index >= 15 is 0 Å². The quantitative estimate of drug-likeness (QED) is 0.898. The van der Waals surface area contributed by atoms with Crippen LogP contribution in [0.5, 0.6) is 0 Å². The maximum Gasteiger partial charge on any atom is 0.239 e. The van der Waals surface area contributed by atoms with Gasteiger partial charge in [-0.15, -0.1) is 0 Å². The van der Waals surface area contributed by atoms with Crippen molar-refractivity contribution in [2.75, 3.05) is 18.5 Å². The average molecular weight is 257 g/mol. The van der Waals surface area contributed by atoms with E-state index in [0.29, 0.717) is 11.6 Å². The number of carbonyl (C=O) groups is 1. The molecule has 1 N–H and O–H groups in total. The molecule has 0 unspecified atom stereocenters. The summed E-state index contributed by atoms with van der Waals surface area (Å²) in [5.74, 6) is 0.0298. The number of anilines is 1. The highest BCUT2D eigenvalue weighted by Crippen LogP contribution is 2.19. The summed E-state index contributed by atoms with van der Waals surface area (Å²) >= 11 is 0. The fourth-order valence-corrected chi connectivity index (χ4v) is 2.55. The average Bonchev–Trinajstić information content (AvgIpc) is 2.91. The number of para-hydroxylation sites is 1. The SMILES string of the molecule is CN(CC(=O)NC1CCCC1)c1ccccc1C#N. The Hall–Kier alpha value is -2.02. The van der Waals surface area contributed by atoms with Crippen LogP contribution in [0.25, 0.3) is 0 Å². The van der Waals surface area contributed by atoms with Crippen molar-refractivity contribution in [3.63, 3.8) is 0 Å². The summed E-state index contributed by atoms with van der Waals surface area (Å²) in [5.41, 5.74) is 1.39. The molecule has 0 saturated heterocycles. The Balaban J connectivity index is 1.94. The third-order valence-corrected chi connectivity index (χ3v) is 3.54. The molecule has 0 bridgehead atoms. The Kier molecular flexibility index (Phi) is 4.40. The third-order valence-electron chi connectivity index (χ3n) is 3.54. The highest BCUT2D eigenvalue weighted by molar-refractivity contribution is 5.82. The lowest BCUT2D eigenvalue weighted by molar-refractivity contribution is -0.120. The first-order valence-electron chi connectivity index (χ1n) is 6.70. The molecular weight excluding hydrogens is 238 g/mol. The van der Waals surface area contributed by atoms with Crippen LogP contribution in [0.2, 0.25) is 0 Å². The standard InChI is InChI=1S/C15H19N3O/c1-18(14-9-5-2-6-12(14)10-16)11-15(19)17-13-7-3-4-8-13/h2,5-6,9,13H,3-4,7-8,11H2,1H3,(H,17,19). The van der Waals surface area contributed by atoms with Crippen molar-refractivity contribution >= 4 is 11.6 Å². The van der Waals surface area contributed by atoms with Crippen molar-refractivity contribution in [1.29, 1.82) is 5.26 Å². The zero-order valence-electron chi connectivity index (χ0n) is 11.2. The summed E-state index contributed by atoms with van der Waals surface area (Å²) in [7, 11) is 1.84. The molecular formula is C15H19N3O. The number of hydrogen-bond donors (Lipinski definition) is 1. The minimum atomic E-state index is 0.0298. The van der Waals surface area contributed by atoms with Gasteiger partial charge in [-0.2, -0.15) is 5.26 Å². The first-order chi connectivity index (χ1) is 9.20. The molecule has 1 amide bonds. The number of hydrogen-bond acceptors (Lipinski definition) is 3. The Morgan fingerprint density at radius 3 is 2.79 bits per heavy atom. The van der Waals surface area contributed by atoms with Crippen LogP contribution in [0, 0.1) is 11.3 Å². The van der Waals surface area contributed by atoms with Gasteiger partial charge in [0.25, 0.3) is 0 Å². The van der Waals surface area contributed by atoms with Crippen LogP contribution in [0.1, 0.15) is 31.2 Å². The Bertz CT molecular complexity index is 486. The van der Waals surface area contributed by atoms with Gasteiger partial charge in [0, 0.05) is 13.1 Å². The molecule has 1 aromatic carbocycles. The lowest BCUT2D eigenvalue weighted by Gasteiger charge is -2.21. The van der Waals surface area contributed by atoms with E-state index in [4.69, 9.17) is 5.26 Å².